The predicted molar refractivity (Wildman–Crippen MR) is 50.2 cm³/mol. The van der Waals surface area contributed by atoms with Crippen LogP contribution in [0.2, 0.25) is 0 Å². The summed E-state index contributed by atoms with van der Waals surface area (Å²) in [5.41, 5.74) is -0.564. The van der Waals surface area contributed by atoms with Gasteiger partial charge in [0.2, 0.25) is 0 Å². The van der Waals surface area contributed by atoms with Crippen molar-refractivity contribution in [2.45, 2.75) is 32.4 Å². The maximum Gasteiger partial charge on any atom is 0.0718 e. The van der Waals surface area contributed by atoms with E-state index in [1.54, 1.807) is 0 Å². The number of piperazine rings is 1. The highest BCUT2D eigenvalue weighted by Crippen LogP contribution is 2.09. The van der Waals surface area contributed by atoms with Crippen LogP contribution in [0.1, 0.15) is 20.8 Å². The first-order chi connectivity index (χ1) is 5.49. The molecule has 2 N–H and O–H groups in total. The molecule has 72 valence electrons. The number of rotatable bonds is 2. The van der Waals surface area contributed by atoms with Crippen LogP contribution >= 0.6 is 0 Å². The molecule has 0 aromatic carbocycles. The Labute approximate surface area is 74.8 Å². The van der Waals surface area contributed by atoms with E-state index in [-0.39, 0.29) is 0 Å². The van der Waals surface area contributed by atoms with Crippen LogP contribution < -0.4 is 5.32 Å². The minimum Gasteiger partial charge on any atom is -0.389 e. The zero-order chi connectivity index (χ0) is 9.19. The average Bonchev–Trinajstić information content (AvgIpc) is 1.91. The second-order valence-corrected chi connectivity index (χ2v) is 4.34. The summed E-state index contributed by atoms with van der Waals surface area (Å²) in [6, 6.07) is 0.546. The lowest BCUT2D eigenvalue weighted by molar-refractivity contribution is 0.0171. The van der Waals surface area contributed by atoms with Gasteiger partial charge in [-0.25, -0.2) is 0 Å². The van der Waals surface area contributed by atoms with Crippen LogP contribution in [0.3, 0.4) is 0 Å². The van der Waals surface area contributed by atoms with Crippen molar-refractivity contribution in [1.82, 2.24) is 10.2 Å². The molecule has 0 aliphatic carbocycles. The van der Waals surface area contributed by atoms with Crippen molar-refractivity contribution in [3.05, 3.63) is 0 Å². The fraction of sp³-hybridized carbons (Fsp3) is 1.00. The van der Waals surface area contributed by atoms with Gasteiger partial charge in [0.05, 0.1) is 5.60 Å². The Morgan fingerprint density at radius 1 is 1.58 bits per heavy atom. The smallest absolute Gasteiger partial charge is 0.0718 e. The molecular formula is C9H20N2O. The fourth-order valence-electron chi connectivity index (χ4n) is 1.61. The highest BCUT2D eigenvalue weighted by molar-refractivity contribution is 4.81. The summed E-state index contributed by atoms with van der Waals surface area (Å²) in [5.74, 6) is 0. The first-order valence-corrected chi connectivity index (χ1v) is 4.66. The van der Waals surface area contributed by atoms with E-state index in [9.17, 15) is 5.11 Å². The van der Waals surface area contributed by atoms with Crippen molar-refractivity contribution in [1.29, 1.82) is 0 Å². The van der Waals surface area contributed by atoms with E-state index in [2.05, 4.69) is 17.1 Å². The minimum atomic E-state index is -0.564. The third kappa shape index (κ3) is 3.09. The topological polar surface area (TPSA) is 35.5 Å². The Bertz CT molecular complexity index is 142. The van der Waals surface area contributed by atoms with E-state index in [0.717, 1.165) is 26.2 Å². The Morgan fingerprint density at radius 2 is 2.25 bits per heavy atom. The van der Waals surface area contributed by atoms with Crippen molar-refractivity contribution in [3.8, 4) is 0 Å². The van der Waals surface area contributed by atoms with Gasteiger partial charge in [-0.1, -0.05) is 0 Å². The number of hydrogen-bond donors (Lipinski definition) is 2. The minimum absolute atomic E-state index is 0.546. The van der Waals surface area contributed by atoms with Crippen molar-refractivity contribution in [2.24, 2.45) is 0 Å². The van der Waals surface area contributed by atoms with Gasteiger partial charge in [-0.3, -0.25) is 4.90 Å². The molecule has 0 saturated carbocycles. The molecule has 1 aliphatic rings. The van der Waals surface area contributed by atoms with Gasteiger partial charge in [0.25, 0.3) is 0 Å². The van der Waals surface area contributed by atoms with Gasteiger partial charge in [0, 0.05) is 32.2 Å². The fourth-order valence-corrected chi connectivity index (χ4v) is 1.61. The van der Waals surface area contributed by atoms with Gasteiger partial charge in [-0.2, -0.15) is 0 Å². The normalized spacial score (nSPS) is 27.5. The lowest BCUT2D eigenvalue weighted by Crippen LogP contribution is -2.53. The highest BCUT2D eigenvalue weighted by atomic mass is 16.3. The molecule has 0 aromatic rings. The standard InChI is InChI=1S/C9H20N2O/c1-8-6-10-4-5-11(8)7-9(2,3)12/h8,10,12H,4-7H2,1-3H3/t8-/m0/s1. The molecule has 0 aromatic heterocycles. The monoisotopic (exact) mass is 172 g/mol. The molecule has 0 bridgehead atoms. The predicted octanol–water partition coefficient (Wildman–Crippen LogP) is 0.0510. The van der Waals surface area contributed by atoms with Gasteiger partial charge in [-0.05, 0) is 20.8 Å². The Kier molecular flexibility index (Phi) is 3.09. The Hall–Kier alpha value is -0.120. The quantitative estimate of drug-likeness (QED) is 0.618. The van der Waals surface area contributed by atoms with Gasteiger partial charge < -0.3 is 10.4 Å². The van der Waals surface area contributed by atoms with Crippen molar-refractivity contribution in [2.75, 3.05) is 26.2 Å². The molecule has 1 atom stereocenters. The number of nitrogens with one attached hydrogen (secondary N) is 1. The van der Waals surface area contributed by atoms with Crippen LogP contribution in [0.5, 0.6) is 0 Å². The van der Waals surface area contributed by atoms with Crippen LogP contribution in [0.4, 0.5) is 0 Å². The van der Waals surface area contributed by atoms with E-state index in [1.807, 2.05) is 13.8 Å². The van der Waals surface area contributed by atoms with Crippen molar-refractivity contribution in [3.63, 3.8) is 0 Å². The molecule has 3 heteroatoms. The van der Waals surface area contributed by atoms with Crippen LogP contribution in [0.15, 0.2) is 0 Å². The average molecular weight is 172 g/mol. The summed E-state index contributed by atoms with van der Waals surface area (Å²) in [7, 11) is 0. The molecule has 1 saturated heterocycles. The van der Waals surface area contributed by atoms with E-state index in [1.165, 1.54) is 0 Å². The molecule has 1 aliphatic heterocycles. The molecule has 0 amide bonds. The largest absolute Gasteiger partial charge is 0.389 e. The van der Waals surface area contributed by atoms with E-state index in [4.69, 9.17) is 0 Å². The van der Waals surface area contributed by atoms with E-state index < -0.39 is 5.60 Å². The summed E-state index contributed by atoms with van der Waals surface area (Å²) in [6.07, 6.45) is 0. The van der Waals surface area contributed by atoms with Gasteiger partial charge in [0.1, 0.15) is 0 Å². The zero-order valence-corrected chi connectivity index (χ0v) is 8.30. The zero-order valence-electron chi connectivity index (χ0n) is 8.30. The van der Waals surface area contributed by atoms with Crippen molar-refractivity contribution >= 4 is 0 Å². The molecule has 1 rings (SSSR count). The molecule has 12 heavy (non-hydrogen) atoms. The van der Waals surface area contributed by atoms with Crippen LogP contribution in [0.25, 0.3) is 0 Å². The van der Waals surface area contributed by atoms with E-state index in [0.29, 0.717) is 6.04 Å². The number of β-amino-alcohol motifs (C(OH)–C–C–N with tert-alkyl or cyclic N) is 1. The summed E-state index contributed by atoms with van der Waals surface area (Å²) in [5, 5.41) is 13.0. The first-order valence-electron chi connectivity index (χ1n) is 4.66. The summed E-state index contributed by atoms with van der Waals surface area (Å²) >= 11 is 0. The van der Waals surface area contributed by atoms with Gasteiger partial charge in [-0.15, -0.1) is 0 Å². The summed E-state index contributed by atoms with van der Waals surface area (Å²) < 4.78 is 0. The van der Waals surface area contributed by atoms with Crippen LogP contribution in [-0.2, 0) is 0 Å². The third-order valence-electron chi connectivity index (χ3n) is 2.23. The van der Waals surface area contributed by atoms with Gasteiger partial charge >= 0.3 is 0 Å². The maximum absolute atomic E-state index is 9.63. The van der Waals surface area contributed by atoms with Gasteiger partial charge in [0.15, 0.2) is 0 Å². The van der Waals surface area contributed by atoms with Crippen LogP contribution in [-0.4, -0.2) is 47.8 Å². The first kappa shape index (κ1) is 9.96. The molecular weight excluding hydrogens is 152 g/mol. The van der Waals surface area contributed by atoms with Crippen molar-refractivity contribution < 1.29 is 5.11 Å². The lowest BCUT2D eigenvalue weighted by Gasteiger charge is -2.37. The molecule has 3 nitrogen and oxygen atoms in total. The lowest BCUT2D eigenvalue weighted by atomic mass is 10.1. The Balaban J connectivity index is 2.39. The maximum atomic E-state index is 9.63. The molecule has 1 fully saturated rings. The number of aliphatic hydroxyl groups is 1. The molecule has 0 radical (unpaired) electrons. The van der Waals surface area contributed by atoms with E-state index >= 15 is 0 Å². The van der Waals surface area contributed by atoms with Crippen LogP contribution in [0, 0.1) is 0 Å². The second-order valence-electron chi connectivity index (χ2n) is 4.34. The number of hydrogen-bond acceptors (Lipinski definition) is 3. The SMILES string of the molecule is C[C@H]1CNCCN1CC(C)(C)O. The Morgan fingerprint density at radius 3 is 2.75 bits per heavy atom. The second kappa shape index (κ2) is 3.73. The number of nitrogens with zero attached hydrogens (tertiary/aromatic N) is 1. The summed E-state index contributed by atoms with van der Waals surface area (Å²) in [6.45, 7) is 9.82. The third-order valence-corrected chi connectivity index (χ3v) is 2.23. The molecule has 0 spiro atoms. The molecule has 1 heterocycles. The summed E-state index contributed by atoms with van der Waals surface area (Å²) in [4.78, 5) is 2.33. The highest BCUT2D eigenvalue weighted by Gasteiger charge is 2.23. The molecule has 0 unspecified atom stereocenters.